The highest BCUT2D eigenvalue weighted by atomic mass is 35.5. The Balaban J connectivity index is 1.98. The standard InChI is InChI=1S/C10H15ClN4/c1-8-4-12-2-3-15(8)7-9-5-14-10(11)6-13-9/h5-6,8,12H,2-4,7H2,1H3. The number of hydrogen-bond acceptors (Lipinski definition) is 4. The second-order valence-electron chi connectivity index (χ2n) is 3.85. The summed E-state index contributed by atoms with van der Waals surface area (Å²) in [6, 6.07) is 0.552. The van der Waals surface area contributed by atoms with Crippen LogP contribution in [-0.2, 0) is 6.54 Å². The van der Waals surface area contributed by atoms with Gasteiger partial charge in [-0.25, -0.2) is 4.98 Å². The summed E-state index contributed by atoms with van der Waals surface area (Å²) in [5.41, 5.74) is 0.980. The molecule has 0 saturated carbocycles. The SMILES string of the molecule is CC1CNCCN1Cc1cnc(Cl)cn1. The smallest absolute Gasteiger partial charge is 0.147 e. The third-order valence-electron chi connectivity index (χ3n) is 2.68. The molecule has 0 amide bonds. The van der Waals surface area contributed by atoms with Gasteiger partial charge in [-0.15, -0.1) is 0 Å². The number of piperazine rings is 1. The Morgan fingerprint density at radius 2 is 2.40 bits per heavy atom. The molecule has 0 aliphatic carbocycles. The first-order valence-corrected chi connectivity index (χ1v) is 5.54. The normalized spacial score (nSPS) is 22.9. The van der Waals surface area contributed by atoms with E-state index >= 15 is 0 Å². The summed E-state index contributed by atoms with van der Waals surface area (Å²) in [4.78, 5) is 10.7. The highest BCUT2D eigenvalue weighted by molar-refractivity contribution is 6.29. The number of nitrogens with zero attached hydrogens (tertiary/aromatic N) is 3. The van der Waals surface area contributed by atoms with Gasteiger partial charge < -0.3 is 5.32 Å². The van der Waals surface area contributed by atoms with Gasteiger partial charge in [0.05, 0.1) is 18.1 Å². The Morgan fingerprint density at radius 3 is 3.07 bits per heavy atom. The minimum atomic E-state index is 0.451. The Bertz CT molecular complexity index is 314. The molecule has 1 aliphatic rings. The minimum absolute atomic E-state index is 0.451. The van der Waals surface area contributed by atoms with E-state index < -0.39 is 0 Å². The molecule has 2 heterocycles. The molecule has 0 radical (unpaired) electrons. The topological polar surface area (TPSA) is 41.0 Å². The predicted octanol–water partition coefficient (Wildman–Crippen LogP) is 0.924. The van der Waals surface area contributed by atoms with Gasteiger partial charge in [-0.05, 0) is 6.92 Å². The van der Waals surface area contributed by atoms with Gasteiger partial charge in [0, 0.05) is 32.2 Å². The van der Waals surface area contributed by atoms with Crippen molar-refractivity contribution < 1.29 is 0 Å². The second-order valence-corrected chi connectivity index (χ2v) is 4.24. The van der Waals surface area contributed by atoms with Crippen molar-refractivity contribution in [3.63, 3.8) is 0 Å². The van der Waals surface area contributed by atoms with Gasteiger partial charge in [-0.2, -0.15) is 0 Å². The van der Waals surface area contributed by atoms with Crippen LogP contribution < -0.4 is 5.32 Å². The fourth-order valence-corrected chi connectivity index (χ4v) is 1.84. The van der Waals surface area contributed by atoms with E-state index in [0.29, 0.717) is 11.2 Å². The molecule has 5 heteroatoms. The van der Waals surface area contributed by atoms with E-state index in [-0.39, 0.29) is 0 Å². The summed E-state index contributed by atoms with van der Waals surface area (Å²) >= 11 is 5.69. The van der Waals surface area contributed by atoms with Crippen molar-refractivity contribution in [1.29, 1.82) is 0 Å². The molecular formula is C10H15ClN4. The highest BCUT2D eigenvalue weighted by Crippen LogP contribution is 2.08. The summed E-state index contributed by atoms with van der Waals surface area (Å²) in [5, 5.41) is 3.81. The van der Waals surface area contributed by atoms with Crippen LogP contribution in [0.25, 0.3) is 0 Å². The number of rotatable bonds is 2. The summed E-state index contributed by atoms with van der Waals surface area (Å²) in [7, 11) is 0. The lowest BCUT2D eigenvalue weighted by molar-refractivity contribution is 0.163. The van der Waals surface area contributed by atoms with Crippen molar-refractivity contribution in [2.45, 2.75) is 19.5 Å². The molecule has 0 bridgehead atoms. The van der Waals surface area contributed by atoms with E-state index in [9.17, 15) is 0 Å². The van der Waals surface area contributed by atoms with Gasteiger partial charge in [-0.1, -0.05) is 11.6 Å². The Labute approximate surface area is 94.7 Å². The second kappa shape index (κ2) is 4.88. The van der Waals surface area contributed by atoms with Gasteiger partial charge in [0.2, 0.25) is 0 Å². The first-order chi connectivity index (χ1) is 7.25. The first-order valence-electron chi connectivity index (χ1n) is 5.17. The molecular weight excluding hydrogens is 212 g/mol. The van der Waals surface area contributed by atoms with Crippen molar-refractivity contribution in [2.75, 3.05) is 19.6 Å². The summed E-state index contributed by atoms with van der Waals surface area (Å²) in [6.07, 6.45) is 3.35. The van der Waals surface area contributed by atoms with E-state index in [4.69, 9.17) is 11.6 Å². The lowest BCUT2D eigenvalue weighted by Crippen LogP contribution is -2.49. The lowest BCUT2D eigenvalue weighted by atomic mass is 10.2. The van der Waals surface area contributed by atoms with Crippen molar-refractivity contribution >= 4 is 11.6 Å². The number of hydrogen-bond donors (Lipinski definition) is 1. The van der Waals surface area contributed by atoms with E-state index in [2.05, 4.69) is 27.1 Å². The molecule has 1 N–H and O–H groups in total. The third kappa shape index (κ3) is 2.87. The zero-order chi connectivity index (χ0) is 10.7. The van der Waals surface area contributed by atoms with Crippen LogP contribution in [0.1, 0.15) is 12.6 Å². The molecule has 1 saturated heterocycles. The zero-order valence-electron chi connectivity index (χ0n) is 8.78. The molecule has 1 unspecified atom stereocenters. The molecule has 2 rings (SSSR count). The summed E-state index contributed by atoms with van der Waals surface area (Å²) < 4.78 is 0. The molecule has 1 aromatic rings. The van der Waals surface area contributed by atoms with E-state index in [1.807, 2.05) is 0 Å². The average Bonchev–Trinajstić information content (AvgIpc) is 2.25. The van der Waals surface area contributed by atoms with Crippen LogP contribution in [0, 0.1) is 0 Å². The third-order valence-corrected chi connectivity index (χ3v) is 2.87. The maximum Gasteiger partial charge on any atom is 0.147 e. The van der Waals surface area contributed by atoms with Gasteiger partial charge in [0.15, 0.2) is 0 Å². The number of nitrogens with one attached hydrogen (secondary N) is 1. The number of aromatic nitrogens is 2. The monoisotopic (exact) mass is 226 g/mol. The van der Waals surface area contributed by atoms with Crippen LogP contribution in [0.5, 0.6) is 0 Å². The van der Waals surface area contributed by atoms with Crippen molar-refractivity contribution in [3.8, 4) is 0 Å². The maximum absolute atomic E-state index is 5.69. The van der Waals surface area contributed by atoms with Crippen molar-refractivity contribution in [3.05, 3.63) is 23.2 Å². The zero-order valence-corrected chi connectivity index (χ0v) is 9.54. The van der Waals surface area contributed by atoms with Crippen LogP contribution in [0.2, 0.25) is 5.15 Å². The highest BCUT2D eigenvalue weighted by Gasteiger charge is 2.18. The summed E-state index contributed by atoms with van der Waals surface area (Å²) in [5.74, 6) is 0. The van der Waals surface area contributed by atoms with Gasteiger partial charge in [0.1, 0.15) is 5.15 Å². The van der Waals surface area contributed by atoms with Crippen LogP contribution in [0.15, 0.2) is 12.4 Å². The molecule has 0 spiro atoms. The van der Waals surface area contributed by atoms with Crippen LogP contribution in [0.3, 0.4) is 0 Å². The molecule has 1 fully saturated rings. The quantitative estimate of drug-likeness (QED) is 0.815. The number of halogens is 1. The van der Waals surface area contributed by atoms with E-state index in [1.54, 1.807) is 12.4 Å². The van der Waals surface area contributed by atoms with Gasteiger partial charge >= 0.3 is 0 Å². The van der Waals surface area contributed by atoms with E-state index in [0.717, 1.165) is 31.9 Å². The fourth-order valence-electron chi connectivity index (χ4n) is 1.75. The van der Waals surface area contributed by atoms with Crippen LogP contribution in [0.4, 0.5) is 0 Å². The lowest BCUT2D eigenvalue weighted by Gasteiger charge is -2.33. The molecule has 1 aliphatic heterocycles. The Hall–Kier alpha value is -0.710. The molecule has 82 valence electrons. The van der Waals surface area contributed by atoms with Crippen molar-refractivity contribution in [2.24, 2.45) is 0 Å². The first kappa shape index (κ1) is 10.8. The van der Waals surface area contributed by atoms with Gasteiger partial charge in [0.25, 0.3) is 0 Å². The predicted molar refractivity (Wildman–Crippen MR) is 59.8 cm³/mol. The molecule has 4 nitrogen and oxygen atoms in total. The molecule has 15 heavy (non-hydrogen) atoms. The maximum atomic E-state index is 5.69. The summed E-state index contributed by atoms with van der Waals surface area (Å²) in [6.45, 7) is 6.22. The van der Waals surface area contributed by atoms with Crippen molar-refractivity contribution in [1.82, 2.24) is 20.2 Å². The molecule has 1 aromatic heterocycles. The fraction of sp³-hybridized carbons (Fsp3) is 0.600. The van der Waals surface area contributed by atoms with Crippen LogP contribution >= 0.6 is 11.6 Å². The van der Waals surface area contributed by atoms with Crippen LogP contribution in [-0.4, -0.2) is 40.5 Å². The average molecular weight is 227 g/mol. The molecule has 0 aromatic carbocycles. The van der Waals surface area contributed by atoms with Gasteiger partial charge in [-0.3, -0.25) is 9.88 Å². The molecule has 1 atom stereocenters. The largest absolute Gasteiger partial charge is 0.314 e. The Morgan fingerprint density at radius 1 is 1.53 bits per heavy atom. The van der Waals surface area contributed by atoms with E-state index in [1.165, 1.54) is 0 Å². The Kier molecular flexibility index (Phi) is 3.51. The minimum Gasteiger partial charge on any atom is -0.314 e.